The van der Waals surface area contributed by atoms with Crippen molar-refractivity contribution in [3.63, 3.8) is 0 Å². The van der Waals surface area contributed by atoms with Crippen molar-refractivity contribution in [2.45, 2.75) is 25.6 Å². The van der Waals surface area contributed by atoms with Gasteiger partial charge in [-0.1, -0.05) is 0 Å². The lowest BCUT2D eigenvalue weighted by Crippen LogP contribution is -2.32. The smallest absolute Gasteiger partial charge is 0.311 e. The van der Waals surface area contributed by atoms with E-state index in [1.54, 1.807) is 0 Å². The van der Waals surface area contributed by atoms with E-state index in [2.05, 4.69) is 5.32 Å². The van der Waals surface area contributed by atoms with Crippen molar-refractivity contribution >= 4 is 0 Å². The molecule has 0 fully saturated rings. The Hall–Kier alpha value is -0.320. The predicted octanol–water partition coefficient (Wildman–Crippen LogP) is 1.89. The summed E-state index contributed by atoms with van der Waals surface area (Å²) >= 11 is 0. The van der Waals surface area contributed by atoms with Crippen LogP contribution in [0.5, 0.6) is 0 Å². The zero-order valence-electron chi connectivity index (χ0n) is 6.21. The molecular formula is C6H11F4N. The minimum Gasteiger partial charge on any atom is -0.311 e. The van der Waals surface area contributed by atoms with Gasteiger partial charge in [0.15, 0.2) is 0 Å². The number of hydrogen-bond donors (Lipinski definition) is 1. The Labute approximate surface area is 62.8 Å². The molecule has 0 rings (SSSR count). The zero-order chi connectivity index (χ0) is 8.91. The van der Waals surface area contributed by atoms with E-state index in [0.717, 1.165) is 0 Å². The van der Waals surface area contributed by atoms with E-state index in [1.807, 2.05) is 0 Å². The Kier molecular flexibility index (Phi) is 4.40. The summed E-state index contributed by atoms with van der Waals surface area (Å²) in [6.45, 7) is 0.725. The number of rotatable bonds is 4. The summed E-state index contributed by atoms with van der Waals surface area (Å²) in [5.74, 6) is 0. The number of hydrogen-bond acceptors (Lipinski definition) is 1. The van der Waals surface area contributed by atoms with Crippen LogP contribution in [0.4, 0.5) is 17.6 Å². The standard InChI is InChI=1S/C6H11F4N/c1-5(11-3-2-7)4-6(8,9)10/h5,11H,2-4H2,1H3. The molecule has 0 bridgehead atoms. The van der Waals surface area contributed by atoms with Gasteiger partial charge in [0, 0.05) is 12.6 Å². The SMILES string of the molecule is CC(CC(F)(F)F)NCCF. The highest BCUT2D eigenvalue weighted by molar-refractivity contribution is 4.64. The second-order valence-electron chi connectivity index (χ2n) is 2.36. The van der Waals surface area contributed by atoms with Gasteiger partial charge in [0.05, 0.1) is 6.42 Å². The topological polar surface area (TPSA) is 12.0 Å². The predicted molar refractivity (Wildman–Crippen MR) is 34.1 cm³/mol. The minimum absolute atomic E-state index is 0.0166. The van der Waals surface area contributed by atoms with Gasteiger partial charge in [0.1, 0.15) is 6.67 Å². The second-order valence-corrected chi connectivity index (χ2v) is 2.36. The van der Waals surface area contributed by atoms with Crippen LogP contribution in [0, 0.1) is 0 Å². The lowest BCUT2D eigenvalue weighted by molar-refractivity contribution is -0.139. The molecule has 0 aliphatic rings. The third kappa shape index (κ3) is 7.58. The summed E-state index contributed by atoms with van der Waals surface area (Å²) < 4.78 is 46.2. The number of alkyl halides is 4. The van der Waals surface area contributed by atoms with Crippen LogP contribution in [0.2, 0.25) is 0 Å². The monoisotopic (exact) mass is 173 g/mol. The van der Waals surface area contributed by atoms with Crippen LogP contribution in [0.1, 0.15) is 13.3 Å². The fourth-order valence-corrected chi connectivity index (χ4v) is 0.720. The van der Waals surface area contributed by atoms with Crippen molar-refractivity contribution in [1.82, 2.24) is 5.32 Å². The van der Waals surface area contributed by atoms with Gasteiger partial charge in [0.25, 0.3) is 0 Å². The first-order chi connectivity index (χ1) is 4.95. The first-order valence-corrected chi connectivity index (χ1v) is 3.32. The molecule has 11 heavy (non-hydrogen) atoms. The maximum absolute atomic E-state index is 11.6. The average Bonchev–Trinajstić information content (AvgIpc) is 1.79. The van der Waals surface area contributed by atoms with Crippen LogP contribution >= 0.6 is 0 Å². The fourth-order valence-electron chi connectivity index (χ4n) is 0.720. The Morgan fingerprint density at radius 1 is 1.36 bits per heavy atom. The maximum atomic E-state index is 11.6. The van der Waals surface area contributed by atoms with Gasteiger partial charge in [-0.05, 0) is 6.92 Å². The molecule has 0 aromatic heterocycles. The molecule has 0 saturated carbocycles. The van der Waals surface area contributed by atoms with E-state index in [9.17, 15) is 17.6 Å². The van der Waals surface area contributed by atoms with Gasteiger partial charge in [-0.25, -0.2) is 4.39 Å². The van der Waals surface area contributed by atoms with Crippen LogP contribution in [-0.4, -0.2) is 25.4 Å². The molecule has 0 aromatic rings. The van der Waals surface area contributed by atoms with E-state index in [1.165, 1.54) is 6.92 Å². The molecule has 0 amide bonds. The van der Waals surface area contributed by atoms with Crippen molar-refractivity contribution in [1.29, 1.82) is 0 Å². The fraction of sp³-hybridized carbons (Fsp3) is 1.00. The Morgan fingerprint density at radius 2 is 1.91 bits per heavy atom. The first kappa shape index (κ1) is 10.7. The highest BCUT2D eigenvalue weighted by atomic mass is 19.4. The molecule has 0 aliphatic carbocycles. The average molecular weight is 173 g/mol. The summed E-state index contributed by atoms with van der Waals surface area (Å²) in [7, 11) is 0. The van der Waals surface area contributed by atoms with E-state index >= 15 is 0 Å². The highest BCUT2D eigenvalue weighted by Crippen LogP contribution is 2.20. The Bertz CT molecular complexity index is 101. The summed E-state index contributed by atoms with van der Waals surface area (Å²) in [4.78, 5) is 0. The normalized spacial score (nSPS) is 15.0. The molecule has 68 valence electrons. The molecule has 5 heteroatoms. The summed E-state index contributed by atoms with van der Waals surface area (Å²) in [5.41, 5.74) is 0. The van der Waals surface area contributed by atoms with Crippen LogP contribution < -0.4 is 5.32 Å². The van der Waals surface area contributed by atoms with Crippen molar-refractivity contribution < 1.29 is 17.6 Å². The maximum Gasteiger partial charge on any atom is 0.390 e. The molecular weight excluding hydrogens is 162 g/mol. The molecule has 1 atom stereocenters. The van der Waals surface area contributed by atoms with E-state index < -0.39 is 25.3 Å². The molecule has 0 saturated heterocycles. The van der Waals surface area contributed by atoms with E-state index in [4.69, 9.17) is 0 Å². The van der Waals surface area contributed by atoms with E-state index in [0.29, 0.717) is 0 Å². The minimum atomic E-state index is -4.16. The highest BCUT2D eigenvalue weighted by Gasteiger charge is 2.29. The van der Waals surface area contributed by atoms with Crippen molar-refractivity contribution in [2.75, 3.05) is 13.2 Å². The lowest BCUT2D eigenvalue weighted by Gasteiger charge is -2.14. The first-order valence-electron chi connectivity index (χ1n) is 3.32. The van der Waals surface area contributed by atoms with Gasteiger partial charge >= 0.3 is 6.18 Å². The molecule has 1 N–H and O–H groups in total. The quantitative estimate of drug-likeness (QED) is 0.640. The van der Waals surface area contributed by atoms with Crippen LogP contribution in [0.25, 0.3) is 0 Å². The van der Waals surface area contributed by atoms with Gasteiger partial charge in [-0.3, -0.25) is 0 Å². The summed E-state index contributed by atoms with van der Waals surface area (Å²) in [6, 6.07) is -0.703. The lowest BCUT2D eigenvalue weighted by atomic mass is 10.2. The van der Waals surface area contributed by atoms with Crippen LogP contribution in [0.15, 0.2) is 0 Å². The molecule has 0 radical (unpaired) electrons. The third-order valence-electron chi connectivity index (χ3n) is 1.12. The Balaban J connectivity index is 3.44. The summed E-state index contributed by atoms with van der Waals surface area (Å²) in [6.07, 6.45) is -5.07. The van der Waals surface area contributed by atoms with Gasteiger partial charge in [-0.15, -0.1) is 0 Å². The zero-order valence-corrected chi connectivity index (χ0v) is 6.21. The van der Waals surface area contributed by atoms with Gasteiger partial charge in [0.2, 0.25) is 0 Å². The number of nitrogens with one attached hydrogen (secondary N) is 1. The van der Waals surface area contributed by atoms with Crippen molar-refractivity contribution in [2.24, 2.45) is 0 Å². The van der Waals surface area contributed by atoms with Crippen molar-refractivity contribution in [3.05, 3.63) is 0 Å². The van der Waals surface area contributed by atoms with Gasteiger partial charge < -0.3 is 5.32 Å². The number of halogens is 4. The van der Waals surface area contributed by atoms with Crippen LogP contribution in [0.3, 0.4) is 0 Å². The largest absolute Gasteiger partial charge is 0.390 e. The van der Waals surface area contributed by atoms with Crippen LogP contribution in [-0.2, 0) is 0 Å². The van der Waals surface area contributed by atoms with Gasteiger partial charge in [-0.2, -0.15) is 13.2 Å². The molecule has 0 heterocycles. The molecule has 1 unspecified atom stereocenters. The Morgan fingerprint density at radius 3 is 2.27 bits per heavy atom. The third-order valence-corrected chi connectivity index (χ3v) is 1.12. The molecule has 0 spiro atoms. The summed E-state index contributed by atoms with van der Waals surface area (Å²) in [5, 5.41) is 2.39. The molecule has 0 aliphatic heterocycles. The second kappa shape index (κ2) is 4.54. The molecule has 0 aromatic carbocycles. The molecule has 1 nitrogen and oxygen atoms in total. The van der Waals surface area contributed by atoms with Crippen molar-refractivity contribution in [3.8, 4) is 0 Å². The van der Waals surface area contributed by atoms with E-state index in [-0.39, 0.29) is 6.54 Å².